The highest BCUT2D eigenvalue weighted by molar-refractivity contribution is 9.10. The summed E-state index contributed by atoms with van der Waals surface area (Å²) in [7, 11) is 0. The van der Waals surface area contributed by atoms with Gasteiger partial charge in [0.15, 0.2) is 0 Å². The summed E-state index contributed by atoms with van der Waals surface area (Å²) in [6, 6.07) is 4.64. The van der Waals surface area contributed by atoms with E-state index >= 15 is 0 Å². The number of aryl methyl sites for hydroxylation is 1. The molecule has 124 valence electrons. The number of hydrogen-bond acceptors (Lipinski definition) is 1. The molecular weight excluding hydrogens is 372 g/mol. The van der Waals surface area contributed by atoms with Crippen LogP contribution in [-0.2, 0) is 24.8 Å². The molecule has 0 spiro atoms. The first kappa shape index (κ1) is 17.0. The van der Waals surface area contributed by atoms with Crippen molar-refractivity contribution in [3.63, 3.8) is 0 Å². The molecule has 0 saturated heterocycles. The van der Waals surface area contributed by atoms with Crippen LogP contribution in [0.5, 0.6) is 0 Å². The lowest BCUT2D eigenvalue weighted by molar-refractivity contribution is 0.225. The molecule has 4 rings (SSSR count). The summed E-state index contributed by atoms with van der Waals surface area (Å²) in [4.78, 5) is 4.21. The van der Waals surface area contributed by atoms with Gasteiger partial charge in [-0.3, -0.25) is 0 Å². The SMILES string of the molecule is CC[C@]12CCCc3ccc(Br)c(c31)C[C@@H](Cn1ccnc1)C2.Cl. The molecule has 0 saturated carbocycles. The van der Waals surface area contributed by atoms with E-state index in [1.807, 2.05) is 12.5 Å². The standard InChI is InChI=1S/C19H23BrN2.ClH/c1-2-19-7-3-4-15-5-6-17(20)16(18(15)19)10-14(11-19)12-22-9-8-21-13-22;/h5-6,8-9,13-14H,2-4,7,10-12H2,1H3;1H/t14-,19-;/m1./s1. The van der Waals surface area contributed by atoms with Crippen molar-refractivity contribution in [2.45, 2.75) is 57.4 Å². The topological polar surface area (TPSA) is 17.8 Å². The number of nitrogens with zero attached hydrogens (tertiary/aromatic N) is 2. The van der Waals surface area contributed by atoms with E-state index in [0.717, 1.165) is 6.54 Å². The second-order valence-electron chi connectivity index (χ2n) is 7.08. The molecule has 0 bridgehead atoms. The average Bonchev–Trinajstić information content (AvgIpc) is 3.03. The van der Waals surface area contributed by atoms with Gasteiger partial charge in [-0.1, -0.05) is 28.9 Å². The fourth-order valence-corrected chi connectivity index (χ4v) is 5.41. The van der Waals surface area contributed by atoms with Crippen molar-refractivity contribution in [2.24, 2.45) is 5.92 Å². The van der Waals surface area contributed by atoms with Crippen LogP contribution in [0.25, 0.3) is 0 Å². The molecule has 1 aromatic carbocycles. The van der Waals surface area contributed by atoms with E-state index in [2.05, 4.69) is 50.7 Å². The van der Waals surface area contributed by atoms with Gasteiger partial charge in [0.05, 0.1) is 6.33 Å². The minimum atomic E-state index is 0. The van der Waals surface area contributed by atoms with Crippen LogP contribution in [0.15, 0.2) is 35.3 Å². The Bertz CT molecular complexity index is 683. The van der Waals surface area contributed by atoms with Gasteiger partial charge < -0.3 is 4.57 Å². The molecule has 23 heavy (non-hydrogen) atoms. The highest BCUT2D eigenvalue weighted by atomic mass is 79.9. The molecular formula is C19H24BrClN2. The van der Waals surface area contributed by atoms with Crippen molar-refractivity contribution < 1.29 is 0 Å². The Morgan fingerprint density at radius 2 is 2.26 bits per heavy atom. The van der Waals surface area contributed by atoms with Gasteiger partial charge in [0, 0.05) is 23.4 Å². The Morgan fingerprint density at radius 3 is 3.00 bits per heavy atom. The lowest BCUT2D eigenvalue weighted by Gasteiger charge is -2.46. The summed E-state index contributed by atoms with van der Waals surface area (Å²) >= 11 is 3.84. The number of aromatic nitrogens is 2. The summed E-state index contributed by atoms with van der Waals surface area (Å²) < 4.78 is 3.57. The van der Waals surface area contributed by atoms with Crippen LogP contribution in [0, 0.1) is 5.92 Å². The van der Waals surface area contributed by atoms with E-state index < -0.39 is 0 Å². The number of benzene rings is 1. The second kappa shape index (κ2) is 6.60. The summed E-state index contributed by atoms with van der Waals surface area (Å²) in [5.74, 6) is 0.714. The van der Waals surface area contributed by atoms with E-state index in [1.54, 1.807) is 16.7 Å². The Balaban J connectivity index is 0.00000156. The molecule has 0 radical (unpaired) electrons. The zero-order valence-electron chi connectivity index (χ0n) is 13.6. The predicted octanol–water partition coefficient (Wildman–Crippen LogP) is 5.31. The van der Waals surface area contributed by atoms with Crippen LogP contribution >= 0.6 is 28.3 Å². The van der Waals surface area contributed by atoms with Crippen LogP contribution in [0.1, 0.15) is 49.3 Å². The van der Waals surface area contributed by atoms with Gasteiger partial charge in [0.25, 0.3) is 0 Å². The number of halogens is 2. The third kappa shape index (κ3) is 2.87. The molecule has 2 atom stereocenters. The lowest BCUT2D eigenvalue weighted by atomic mass is 9.59. The number of imidazole rings is 1. The van der Waals surface area contributed by atoms with E-state index in [1.165, 1.54) is 43.0 Å². The maximum atomic E-state index is 4.21. The van der Waals surface area contributed by atoms with Gasteiger partial charge in [0.2, 0.25) is 0 Å². The summed E-state index contributed by atoms with van der Waals surface area (Å²) in [5.41, 5.74) is 5.33. The van der Waals surface area contributed by atoms with Crippen molar-refractivity contribution in [2.75, 3.05) is 0 Å². The Hall–Kier alpha value is -0.800. The molecule has 1 heterocycles. The summed E-state index contributed by atoms with van der Waals surface area (Å²) in [5, 5.41) is 0. The molecule has 2 aliphatic carbocycles. The van der Waals surface area contributed by atoms with Gasteiger partial charge in [-0.15, -0.1) is 12.4 Å². The van der Waals surface area contributed by atoms with Crippen LogP contribution < -0.4 is 0 Å². The number of rotatable bonds is 3. The first-order valence-corrected chi connectivity index (χ1v) is 9.27. The fraction of sp³-hybridized carbons (Fsp3) is 0.526. The van der Waals surface area contributed by atoms with Crippen LogP contribution in [0.2, 0.25) is 0 Å². The second-order valence-corrected chi connectivity index (χ2v) is 7.94. The van der Waals surface area contributed by atoms with Crippen molar-refractivity contribution in [3.8, 4) is 0 Å². The smallest absolute Gasteiger partial charge is 0.0945 e. The van der Waals surface area contributed by atoms with Gasteiger partial charge in [-0.05, 0) is 72.6 Å². The van der Waals surface area contributed by atoms with Gasteiger partial charge in [-0.25, -0.2) is 4.98 Å². The average molecular weight is 396 g/mol. The monoisotopic (exact) mass is 394 g/mol. The minimum Gasteiger partial charge on any atom is -0.337 e. The van der Waals surface area contributed by atoms with Crippen LogP contribution in [-0.4, -0.2) is 9.55 Å². The van der Waals surface area contributed by atoms with Crippen LogP contribution in [0.4, 0.5) is 0 Å². The highest BCUT2D eigenvalue weighted by Crippen LogP contribution is 2.51. The normalized spacial score (nSPS) is 25.6. The maximum absolute atomic E-state index is 4.21. The largest absolute Gasteiger partial charge is 0.337 e. The van der Waals surface area contributed by atoms with E-state index in [4.69, 9.17) is 0 Å². The molecule has 0 amide bonds. The van der Waals surface area contributed by atoms with Gasteiger partial charge >= 0.3 is 0 Å². The zero-order valence-corrected chi connectivity index (χ0v) is 16.0. The molecule has 2 aromatic rings. The molecule has 2 aliphatic rings. The molecule has 0 fully saturated rings. The Kier molecular flexibility index (Phi) is 4.89. The molecule has 2 nitrogen and oxygen atoms in total. The molecule has 0 N–H and O–H groups in total. The van der Waals surface area contributed by atoms with Crippen molar-refractivity contribution in [3.05, 3.63) is 52.0 Å². The highest BCUT2D eigenvalue weighted by Gasteiger charge is 2.42. The maximum Gasteiger partial charge on any atom is 0.0945 e. The van der Waals surface area contributed by atoms with Crippen molar-refractivity contribution >= 4 is 28.3 Å². The van der Waals surface area contributed by atoms with E-state index in [-0.39, 0.29) is 12.4 Å². The van der Waals surface area contributed by atoms with Gasteiger partial charge in [0.1, 0.15) is 0 Å². The quantitative estimate of drug-likeness (QED) is 0.688. The van der Waals surface area contributed by atoms with Crippen molar-refractivity contribution in [1.29, 1.82) is 0 Å². The number of hydrogen-bond donors (Lipinski definition) is 0. The minimum absolute atomic E-state index is 0. The summed E-state index contributed by atoms with van der Waals surface area (Å²) in [6.45, 7) is 3.48. The third-order valence-electron chi connectivity index (χ3n) is 5.85. The fourth-order valence-electron chi connectivity index (χ4n) is 4.92. The zero-order chi connectivity index (χ0) is 15.2. The summed E-state index contributed by atoms with van der Waals surface area (Å²) in [6.07, 6.45) is 13.7. The molecule has 0 aliphatic heterocycles. The van der Waals surface area contributed by atoms with Gasteiger partial charge in [-0.2, -0.15) is 0 Å². The Labute approximate surface area is 153 Å². The predicted molar refractivity (Wildman–Crippen MR) is 100 cm³/mol. The Morgan fingerprint density at radius 1 is 1.39 bits per heavy atom. The van der Waals surface area contributed by atoms with E-state index in [9.17, 15) is 0 Å². The third-order valence-corrected chi connectivity index (χ3v) is 6.59. The molecule has 1 aromatic heterocycles. The first-order valence-electron chi connectivity index (χ1n) is 8.48. The molecule has 4 heteroatoms. The van der Waals surface area contributed by atoms with E-state index in [0.29, 0.717) is 11.3 Å². The first-order chi connectivity index (χ1) is 10.7. The molecule has 0 unspecified atom stereocenters. The van der Waals surface area contributed by atoms with Crippen LogP contribution in [0.3, 0.4) is 0 Å². The lowest BCUT2D eigenvalue weighted by Crippen LogP contribution is -2.39. The van der Waals surface area contributed by atoms with Crippen molar-refractivity contribution in [1.82, 2.24) is 9.55 Å².